The third-order valence-corrected chi connectivity index (χ3v) is 3.79. The predicted molar refractivity (Wildman–Crippen MR) is 76.1 cm³/mol. The minimum atomic E-state index is 1.22. The van der Waals surface area contributed by atoms with Gasteiger partial charge in [-0.3, -0.25) is 0 Å². The van der Waals surface area contributed by atoms with Crippen LogP contribution in [0.5, 0.6) is 0 Å². The van der Waals surface area contributed by atoms with E-state index < -0.39 is 0 Å². The number of allylic oxidation sites excluding steroid dienone is 2. The number of rotatable bonds is 6. The van der Waals surface area contributed by atoms with E-state index in [1.165, 1.54) is 44.9 Å². The molecule has 0 nitrogen and oxygen atoms in total. The standard InChI is InChI=1S/C17H24/c1-3-5-9-14-13-15-10-7-8-12-17(15)16(14)11-6-4-2/h7-8,10,12H,3-6,9,11,13H2,1-2H3. The Bertz CT molecular complexity index is 398. The van der Waals surface area contributed by atoms with Crippen molar-refractivity contribution in [3.05, 3.63) is 41.0 Å². The zero-order valence-corrected chi connectivity index (χ0v) is 11.3. The molecule has 0 heterocycles. The summed E-state index contributed by atoms with van der Waals surface area (Å²) in [6.07, 6.45) is 9.10. The van der Waals surface area contributed by atoms with Crippen LogP contribution in [0.3, 0.4) is 0 Å². The summed E-state index contributed by atoms with van der Waals surface area (Å²) in [6.45, 7) is 4.57. The predicted octanol–water partition coefficient (Wildman–Crippen LogP) is 5.38. The van der Waals surface area contributed by atoms with E-state index in [1.54, 1.807) is 22.3 Å². The maximum atomic E-state index is 2.32. The molecule has 2 rings (SSSR count). The molecule has 0 heteroatoms. The van der Waals surface area contributed by atoms with Crippen molar-refractivity contribution in [3.63, 3.8) is 0 Å². The van der Waals surface area contributed by atoms with Crippen LogP contribution < -0.4 is 0 Å². The fourth-order valence-corrected chi connectivity index (χ4v) is 2.79. The maximum Gasteiger partial charge on any atom is -0.00550 e. The summed E-state index contributed by atoms with van der Waals surface area (Å²) in [5, 5.41) is 0. The lowest BCUT2D eigenvalue weighted by atomic mass is 9.98. The molecule has 1 aliphatic carbocycles. The van der Waals surface area contributed by atoms with Gasteiger partial charge in [-0.15, -0.1) is 0 Å². The Labute approximate surface area is 106 Å². The first-order valence-corrected chi connectivity index (χ1v) is 7.16. The molecule has 0 aliphatic heterocycles. The highest BCUT2D eigenvalue weighted by Crippen LogP contribution is 2.37. The molecule has 17 heavy (non-hydrogen) atoms. The zero-order chi connectivity index (χ0) is 12.1. The highest BCUT2D eigenvalue weighted by atomic mass is 14.2. The number of hydrogen-bond donors (Lipinski definition) is 0. The van der Waals surface area contributed by atoms with E-state index in [0.29, 0.717) is 0 Å². The van der Waals surface area contributed by atoms with Gasteiger partial charge >= 0.3 is 0 Å². The largest absolute Gasteiger partial charge is 0.0654 e. The van der Waals surface area contributed by atoms with Gasteiger partial charge in [-0.2, -0.15) is 0 Å². The van der Waals surface area contributed by atoms with E-state index in [0.717, 1.165) is 0 Å². The number of benzene rings is 1. The van der Waals surface area contributed by atoms with Crippen molar-refractivity contribution in [1.29, 1.82) is 0 Å². The monoisotopic (exact) mass is 228 g/mol. The average molecular weight is 228 g/mol. The molecule has 1 aromatic carbocycles. The lowest BCUT2D eigenvalue weighted by Gasteiger charge is -2.07. The van der Waals surface area contributed by atoms with Crippen LogP contribution in [0.4, 0.5) is 0 Å². The number of fused-ring (bicyclic) bond motifs is 1. The smallest absolute Gasteiger partial charge is 0.00550 e. The van der Waals surface area contributed by atoms with Gasteiger partial charge in [0.1, 0.15) is 0 Å². The van der Waals surface area contributed by atoms with Gasteiger partial charge in [0.05, 0.1) is 0 Å². The number of hydrogen-bond acceptors (Lipinski definition) is 0. The van der Waals surface area contributed by atoms with Crippen molar-refractivity contribution in [1.82, 2.24) is 0 Å². The van der Waals surface area contributed by atoms with Gasteiger partial charge < -0.3 is 0 Å². The Hall–Kier alpha value is -1.04. The molecule has 1 aromatic rings. The van der Waals surface area contributed by atoms with Crippen molar-refractivity contribution in [3.8, 4) is 0 Å². The molecular weight excluding hydrogens is 204 g/mol. The Morgan fingerprint density at radius 2 is 1.65 bits per heavy atom. The molecule has 0 saturated heterocycles. The Morgan fingerprint density at radius 1 is 0.941 bits per heavy atom. The SMILES string of the molecule is CCCCC1=C(CCCC)c2ccccc2C1. The summed E-state index contributed by atoms with van der Waals surface area (Å²) in [7, 11) is 0. The van der Waals surface area contributed by atoms with Crippen LogP contribution in [0.2, 0.25) is 0 Å². The van der Waals surface area contributed by atoms with E-state index in [4.69, 9.17) is 0 Å². The summed E-state index contributed by atoms with van der Waals surface area (Å²) < 4.78 is 0. The highest BCUT2D eigenvalue weighted by Gasteiger charge is 2.19. The zero-order valence-electron chi connectivity index (χ0n) is 11.3. The molecule has 0 unspecified atom stereocenters. The van der Waals surface area contributed by atoms with Crippen molar-refractivity contribution < 1.29 is 0 Å². The van der Waals surface area contributed by atoms with Gasteiger partial charge in [0.15, 0.2) is 0 Å². The second kappa shape index (κ2) is 6.05. The highest BCUT2D eigenvalue weighted by molar-refractivity contribution is 5.76. The summed E-state index contributed by atoms with van der Waals surface area (Å²) in [5.41, 5.74) is 6.51. The van der Waals surface area contributed by atoms with Crippen LogP contribution in [0.25, 0.3) is 5.57 Å². The summed E-state index contributed by atoms with van der Waals surface area (Å²) in [4.78, 5) is 0. The van der Waals surface area contributed by atoms with Crippen molar-refractivity contribution in [2.45, 2.75) is 58.8 Å². The summed E-state index contributed by atoms with van der Waals surface area (Å²) in [6, 6.07) is 8.99. The molecular formula is C17H24. The molecule has 0 spiro atoms. The van der Waals surface area contributed by atoms with Crippen LogP contribution in [0.1, 0.15) is 63.5 Å². The van der Waals surface area contributed by atoms with Gasteiger partial charge in [0.2, 0.25) is 0 Å². The molecule has 92 valence electrons. The van der Waals surface area contributed by atoms with E-state index in [9.17, 15) is 0 Å². The summed E-state index contributed by atoms with van der Waals surface area (Å²) in [5.74, 6) is 0. The molecule has 0 saturated carbocycles. The lowest BCUT2D eigenvalue weighted by Crippen LogP contribution is -1.87. The van der Waals surface area contributed by atoms with E-state index in [1.807, 2.05) is 0 Å². The molecule has 0 bridgehead atoms. The third kappa shape index (κ3) is 2.80. The first-order valence-electron chi connectivity index (χ1n) is 7.16. The van der Waals surface area contributed by atoms with Crippen LogP contribution in [0, 0.1) is 0 Å². The van der Waals surface area contributed by atoms with Gasteiger partial charge in [-0.05, 0) is 48.8 Å². The first-order chi connectivity index (χ1) is 8.36. The second-order valence-corrected chi connectivity index (χ2v) is 5.12. The molecule has 0 atom stereocenters. The van der Waals surface area contributed by atoms with Crippen molar-refractivity contribution in [2.24, 2.45) is 0 Å². The topological polar surface area (TPSA) is 0 Å². The van der Waals surface area contributed by atoms with Gasteiger partial charge in [-0.25, -0.2) is 0 Å². The third-order valence-electron chi connectivity index (χ3n) is 3.79. The fourth-order valence-electron chi connectivity index (χ4n) is 2.79. The van der Waals surface area contributed by atoms with Gasteiger partial charge in [0.25, 0.3) is 0 Å². The molecule has 0 aromatic heterocycles. The Kier molecular flexibility index (Phi) is 4.42. The normalized spacial score (nSPS) is 14.2. The maximum absolute atomic E-state index is 2.32. The van der Waals surface area contributed by atoms with E-state index in [-0.39, 0.29) is 0 Å². The van der Waals surface area contributed by atoms with Crippen molar-refractivity contribution in [2.75, 3.05) is 0 Å². The lowest BCUT2D eigenvalue weighted by molar-refractivity contribution is 0.769. The summed E-state index contributed by atoms with van der Waals surface area (Å²) >= 11 is 0. The molecule has 0 amide bonds. The molecule has 0 radical (unpaired) electrons. The minimum Gasteiger partial charge on any atom is -0.0654 e. The van der Waals surface area contributed by atoms with Crippen molar-refractivity contribution >= 4 is 5.57 Å². The van der Waals surface area contributed by atoms with Gasteiger partial charge in [0, 0.05) is 0 Å². The first kappa shape index (κ1) is 12.4. The Balaban J connectivity index is 2.20. The molecule has 0 N–H and O–H groups in total. The van der Waals surface area contributed by atoms with E-state index >= 15 is 0 Å². The minimum absolute atomic E-state index is 1.22. The number of unbranched alkanes of at least 4 members (excludes halogenated alkanes) is 2. The second-order valence-electron chi connectivity index (χ2n) is 5.12. The van der Waals surface area contributed by atoms with E-state index in [2.05, 4.69) is 38.1 Å². The fraction of sp³-hybridized carbons (Fsp3) is 0.529. The molecule has 1 aliphatic rings. The quantitative estimate of drug-likeness (QED) is 0.613. The average Bonchev–Trinajstić information content (AvgIpc) is 2.71. The van der Waals surface area contributed by atoms with Crippen LogP contribution in [-0.4, -0.2) is 0 Å². The van der Waals surface area contributed by atoms with Crippen LogP contribution in [0.15, 0.2) is 29.8 Å². The molecule has 0 fully saturated rings. The Morgan fingerprint density at radius 3 is 2.41 bits per heavy atom. The van der Waals surface area contributed by atoms with Crippen LogP contribution >= 0.6 is 0 Å². The van der Waals surface area contributed by atoms with Gasteiger partial charge in [-0.1, -0.05) is 56.5 Å². The van der Waals surface area contributed by atoms with Crippen LogP contribution in [-0.2, 0) is 6.42 Å².